The number of aliphatic carboxylic acids is 1. The van der Waals surface area contributed by atoms with Crippen molar-refractivity contribution in [1.82, 2.24) is 5.32 Å². The average Bonchev–Trinajstić information content (AvgIpc) is 3.43. The lowest BCUT2D eigenvalue weighted by molar-refractivity contribution is -0.161. The number of unbranched alkanes of at least 4 members (excludes halogenated alkanes) is 6. The van der Waals surface area contributed by atoms with Crippen LogP contribution in [-0.4, -0.2) is 29.7 Å². The second-order valence-corrected chi connectivity index (χ2v) is 7.82. The molecule has 0 aliphatic heterocycles. The van der Waals surface area contributed by atoms with E-state index in [1.54, 1.807) is 6.92 Å². The van der Waals surface area contributed by atoms with E-state index in [1.165, 1.54) is 50.5 Å². The molecule has 2 rings (SSSR count). The molecule has 0 radical (unpaired) electrons. The molecular weight excluding hydrogens is 354 g/mol. The van der Waals surface area contributed by atoms with Crippen LogP contribution in [0, 0.1) is 5.41 Å². The third-order valence-electron chi connectivity index (χ3n) is 5.63. The molecule has 0 heterocycles. The molecule has 2 atom stereocenters. The Morgan fingerprint density at radius 1 is 1.04 bits per heavy atom. The molecule has 1 aromatic rings. The smallest absolute Gasteiger partial charge is 0.325 e. The topological polar surface area (TPSA) is 75.6 Å². The molecule has 1 saturated carbocycles. The maximum Gasteiger partial charge on any atom is 0.325 e. The van der Waals surface area contributed by atoms with Gasteiger partial charge in [0.05, 0.1) is 6.61 Å². The molecular formula is C23H35NO4. The maximum absolute atomic E-state index is 12.0. The third-order valence-corrected chi connectivity index (χ3v) is 5.63. The zero-order valence-corrected chi connectivity index (χ0v) is 17.3. The molecule has 156 valence electrons. The number of carbonyl (C=O) groups excluding carboxylic acids is 1. The predicted molar refractivity (Wildman–Crippen MR) is 110 cm³/mol. The fourth-order valence-electron chi connectivity index (χ4n) is 3.67. The Morgan fingerprint density at radius 3 is 2.25 bits per heavy atom. The Balaban J connectivity index is 1.70. The van der Waals surface area contributed by atoms with E-state index >= 15 is 0 Å². The summed E-state index contributed by atoms with van der Waals surface area (Å²) in [6.07, 6.45) is 10.6. The number of aryl methyl sites for hydroxylation is 1. The first-order chi connectivity index (χ1) is 13.5. The van der Waals surface area contributed by atoms with E-state index in [0.717, 1.165) is 12.0 Å². The average molecular weight is 390 g/mol. The van der Waals surface area contributed by atoms with Gasteiger partial charge in [-0.05, 0) is 37.3 Å². The van der Waals surface area contributed by atoms with Gasteiger partial charge in [0, 0.05) is 12.6 Å². The van der Waals surface area contributed by atoms with Crippen LogP contribution in [0.4, 0.5) is 0 Å². The Labute approximate surface area is 168 Å². The number of hydrogen-bond acceptors (Lipinski definition) is 4. The first-order valence-electron chi connectivity index (χ1n) is 10.8. The van der Waals surface area contributed by atoms with Gasteiger partial charge >= 0.3 is 11.9 Å². The number of esters is 1. The third kappa shape index (κ3) is 6.06. The number of benzene rings is 1. The van der Waals surface area contributed by atoms with Gasteiger partial charge in [-0.25, -0.2) is 0 Å². The molecule has 0 saturated heterocycles. The van der Waals surface area contributed by atoms with E-state index in [2.05, 4.69) is 36.5 Å². The van der Waals surface area contributed by atoms with Crippen LogP contribution in [-0.2, 0) is 27.3 Å². The Kier molecular flexibility index (Phi) is 8.97. The highest BCUT2D eigenvalue weighted by atomic mass is 16.5. The first kappa shape index (κ1) is 22.4. The Bertz CT molecular complexity index is 628. The molecule has 0 amide bonds. The number of carboxylic acids is 1. The van der Waals surface area contributed by atoms with Gasteiger partial charge in [0.15, 0.2) is 5.41 Å². The summed E-state index contributed by atoms with van der Waals surface area (Å²) in [7, 11) is 0. The quantitative estimate of drug-likeness (QED) is 0.279. The fraction of sp³-hybridized carbons (Fsp3) is 0.652. The molecule has 2 N–H and O–H groups in total. The van der Waals surface area contributed by atoms with E-state index in [1.807, 2.05) is 0 Å². The van der Waals surface area contributed by atoms with Crippen LogP contribution in [0.25, 0.3) is 0 Å². The number of hydrogen-bond donors (Lipinski definition) is 2. The van der Waals surface area contributed by atoms with Crippen LogP contribution < -0.4 is 5.32 Å². The van der Waals surface area contributed by atoms with Crippen molar-refractivity contribution < 1.29 is 19.4 Å². The van der Waals surface area contributed by atoms with E-state index in [4.69, 9.17) is 4.74 Å². The van der Waals surface area contributed by atoms with Crippen LogP contribution in [0.1, 0.15) is 76.3 Å². The molecule has 0 bridgehead atoms. The van der Waals surface area contributed by atoms with E-state index in [9.17, 15) is 14.7 Å². The summed E-state index contributed by atoms with van der Waals surface area (Å²) in [5, 5.41) is 12.6. The molecule has 5 nitrogen and oxygen atoms in total. The lowest BCUT2D eigenvalue weighted by Crippen LogP contribution is -2.35. The molecule has 2 unspecified atom stereocenters. The number of rotatable bonds is 14. The molecule has 1 aliphatic carbocycles. The van der Waals surface area contributed by atoms with E-state index < -0.39 is 17.4 Å². The first-order valence-corrected chi connectivity index (χ1v) is 10.8. The second kappa shape index (κ2) is 11.2. The van der Waals surface area contributed by atoms with Crippen molar-refractivity contribution in [2.75, 3.05) is 6.61 Å². The molecule has 5 heteroatoms. The van der Waals surface area contributed by atoms with Gasteiger partial charge in [0.1, 0.15) is 0 Å². The van der Waals surface area contributed by atoms with Gasteiger partial charge in [-0.15, -0.1) is 0 Å². The van der Waals surface area contributed by atoms with Crippen molar-refractivity contribution in [3.05, 3.63) is 35.4 Å². The van der Waals surface area contributed by atoms with Gasteiger partial charge in [-0.2, -0.15) is 0 Å². The van der Waals surface area contributed by atoms with Crippen molar-refractivity contribution in [2.24, 2.45) is 5.41 Å². The Hall–Kier alpha value is -1.88. The number of ether oxygens (including phenoxy) is 1. The fourth-order valence-corrected chi connectivity index (χ4v) is 3.67. The molecule has 1 aromatic carbocycles. The highest BCUT2D eigenvalue weighted by Gasteiger charge is 2.67. The summed E-state index contributed by atoms with van der Waals surface area (Å²) < 4.78 is 4.94. The van der Waals surface area contributed by atoms with Gasteiger partial charge < -0.3 is 15.2 Å². The SMILES string of the molecule is CCCCCCCCCc1ccc(CNC2CC2(C(=O)O)C(=O)OCC)cc1. The van der Waals surface area contributed by atoms with Gasteiger partial charge in [0.2, 0.25) is 0 Å². The zero-order chi connectivity index (χ0) is 20.4. The summed E-state index contributed by atoms with van der Waals surface area (Å²) >= 11 is 0. The summed E-state index contributed by atoms with van der Waals surface area (Å²) in [6, 6.07) is 8.10. The zero-order valence-electron chi connectivity index (χ0n) is 17.3. The lowest BCUT2D eigenvalue weighted by Gasteiger charge is -2.12. The molecule has 1 aliphatic rings. The molecule has 1 fully saturated rings. The lowest BCUT2D eigenvalue weighted by atomic mass is 10.0. The minimum Gasteiger partial charge on any atom is -0.480 e. The Morgan fingerprint density at radius 2 is 1.64 bits per heavy atom. The van der Waals surface area contributed by atoms with Crippen molar-refractivity contribution in [1.29, 1.82) is 0 Å². The highest BCUT2D eigenvalue weighted by molar-refractivity contribution is 6.04. The van der Waals surface area contributed by atoms with Crippen LogP contribution in [0.15, 0.2) is 24.3 Å². The van der Waals surface area contributed by atoms with Crippen molar-refractivity contribution in [3.63, 3.8) is 0 Å². The van der Waals surface area contributed by atoms with Crippen molar-refractivity contribution in [2.45, 2.75) is 84.2 Å². The van der Waals surface area contributed by atoms with E-state index in [-0.39, 0.29) is 19.1 Å². The van der Waals surface area contributed by atoms with Crippen molar-refractivity contribution >= 4 is 11.9 Å². The predicted octanol–water partition coefficient (Wildman–Crippen LogP) is 4.48. The highest BCUT2D eigenvalue weighted by Crippen LogP contribution is 2.47. The standard InChI is InChI=1S/C23H35NO4/c1-3-5-6-7-8-9-10-11-18-12-14-19(15-13-18)17-24-20-16-23(20,21(25)26)22(27)28-4-2/h12-15,20,24H,3-11,16-17H2,1-2H3,(H,25,26). The minimum atomic E-state index is -1.41. The largest absolute Gasteiger partial charge is 0.480 e. The van der Waals surface area contributed by atoms with Gasteiger partial charge in [0.25, 0.3) is 0 Å². The van der Waals surface area contributed by atoms with Crippen LogP contribution >= 0.6 is 0 Å². The van der Waals surface area contributed by atoms with Crippen LogP contribution in [0.2, 0.25) is 0 Å². The van der Waals surface area contributed by atoms with Gasteiger partial charge in [-0.3, -0.25) is 9.59 Å². The second-order valence-electron chi connectivity index (χ2n) is 7.82. The number of nitrogens with one attached hydrogen (secondary N) is 1. The summed E-state index contributed by atoms with van der Waals surface area (Å²) in [5.74, 6) is -1.74. The molecule has 28 heavy (non-hydrogen) atoms. The number of carboxylic acid groups (broad SMARTS) is 1. The van der Waals surface area contributed by atoms with Crippen molar-refractivity contribution in [3.8, 4) is 0 Å². The summed E-state index contributed by atoms with van der Waals surface area (Å²) in [6.45, 7) is 4.68. The maximum atomic E-state index is 12.0. The summed E-state index contributed by atoms with van der Waals surface area (Å²) in [5.41, 5.74) is 1.03. The van der Waals surface area contributed by atoms with Crippen LogP contribution in [0.5, 0.6) is 0 Å². The van der Waals surface area contributed by atoms with Gasteiger partial charge in [-0.1, -0.05) is 69.7 Å². The normalized spacial score (nSPS) is 20.7. The van der Waals surface area contributed by atoms with Crippen LogP contribution in [0.3, 0.4) is 0 Å². The number of carbonyl (C=O) groups is 2. The molecule has 0 aromatic heterocycles. The minimum absolute atomic E-state index is 0.195. The van der Waals surface area contributed by atoms with E-state index in [0.29, 0.717) is 6.54 Å². The summed E-state index contributed by atoms with van der Waals surface area (Å²) in [4.78, 5) is 23.5. The monoisotopic (exact) mass is 389 g/mol. The molecule has 0 spiro atoms.